The molecule has 1 fully saturated rings. The molecule has 1 unspecified atom stereocenters. The average molecular weight is 345 g/mol. The predicted molar refractivity (Wildman–Crippen MR) is 90.9 cm³/mol. The van der Waals surface area contributed by atoms with Crippen LogP contribution in [0.25, 0.3) is 0 Å². The number of likely N-dealkylation sites (tertiary alicyclic amines) is 1. The first-order chi connectivity index (χ1) is 12.1. The molecule has 1 saturated heterocycles. The Kier molecular flexibility index (Phi) is 5.60. The van der Waals surface area contributed by atoms with E-state index in [0.29, 0.717) is 18.3 Å². The van der Waals surface area contributed by atoms with Gasteiger partial charge in [-0.2, -0.15) is 4.98 Å². The van der Waals surface area contributed by atoms with Crippen LogP contribution in [0, 0.1) is 13.8 Å². The van der Waals surface area contributed by atoms with Crippen molar-refractivity contribution < 1.29 is 14.1 Å². The van der Waals surface area contributed by atoms with E-state index >= 15 is 0 Å². The number of ether oxygens (including phenoxy) is 1. The summed E-state index contributed by atoms with van der Waals surface area (Å²) < 4.78 is 10.4. The maximum Gasteiger partial charge on any atom is 0.252 e. The zero-order valence-corrected chi connectivity index (χ0v) is 14.6. The Morgan fingerprint density at radius 3 is 3.04 bits per heavy atom. The Balaban J connectivity index is 1.46. The fourth-order valence-corrected chi connectivity index (χ4v) is 2.95. The quantitative estimate of drug-likeness (QED) is 0.816. The fraction of sp³-hybridized carbons (Fsp3) is 0.529. The third-order valence-corrected chi connectivity index (χ3v) is 4.13. The minimum Gasteiger partial charge on any atom is -0.368 e. The van der Waals surface area contributed by atoms with Crippen LogP contribution < -0.4 is 5.32 Å². The van der Waals surface area contributed by atoms with Gasteiger partial charge in [-0.05, 0) is 38.8 Å². The van der Waals surface area contributed by atoms with Gasteiger partial charge in [-0.25, -0.2) is 4.98 Å². The van der Waals surface area contributed by atoms with E-state index in [0.717, 1.165) is 30.9 Å². The number of anilines is 1. The number of rotatable bonds is 7. The van der Waals surface area contributed by atoms with Gasteiger partial charge in [0.1, 0.15) is 19.0 Å². The summed E-state index contributed by atoms with van der Waals surface area (Å²) in [5, 5.41) is 7.01. The van der Waals surface area contributed by atoms with Crippen molar-refractivity contribution in [2.45, 2.75) is 39.3 Å². The van der Waals surface area contributed by atoms with Crippen molar-refractivity contribution in [3.8, 4) is 0 Å². The molecule has 0 aromatic carbocycles. The third kappa shape index (κ3) is 4.76. The maximum absolute atomic E-state index is 12.4. The molecule has 1 atom stereocenters. The van der Waals surface area contributed by atoms with Crippen LogP contribution in [0.4, 0.5) is 5.82 Å². The molecule has 2 aromatic rings. The monoisotopic (exact) mass is 345 g/mol. The van der Waals surface area contributed by atoms with Crippen molar-refractivity contribution in [3.05, 3.63) is 35.6 Å². The zero-order valence-electron chi connectivity index (χ0n) is 14.6. The first-order valence-corrected chi connectivity index (χ1v) is 8.46. The first-order valence-electron chi connectivity index (χ1n) is 8.46. The number of hydrogen-bond donors (Lipinski definition) is 1. The molecule has 1 N–H and O–H groups in total. The molecular formula is C17H23N5O3. The van der Waals surface area contributed by atoms with Gasteiger partial charge < -0.3 is 19.5 Å². The van der Waals surface area contributed by atoms with E-state index in [9.17, 15) is 4.79 Å². The topological polar surface area (TPSA) is 93.4 Å². The maximum atomic E-state index is 12.4. The molecule has 3 rings (SSSR count). The van der Waals surface area contributed by atoms with Gasteiger partial charge in [-0.1, -0.05) is 11.2 Å². The fourth-order valence-electron chi connectivity index (χ4n) is 2.95. The summed E-state index contributed by atoms with van der Waals surface area (Å²) in [7, 11) is 0. The second kappa shape index (κ2) is 8.06. The minimum absolute atomic E-state index is 0.0145. The van der Waals surface area contributed by atoms with Gasteiger partial charge in [0.15, 0.2) is 5.82 Å². The molecule has 0 bridgehead atoms. The lowest BCUT2D eigenvalue weighted by Gasteiger charge is -2.25. The number of aromatic nitrogens is 3. The van der Waals surface area contributed by atoms with Crippen molar-refractivity contribution in [2.75, 3.05) is 25.0 Å². The van der Waals surface area contributed by atoms with Crippen molar-refractivity contribution >= 4 is 11.7 Å². The van der Waals surface area contributed by atoms with Crippen molar-refractivity contribution in [1.82, 2.24) is 20.0 Å². The summed E-state index contributed by atoms with van der Waals surface area (Å²) in [6.45, 7) is 5.31. The Hall–Kier alpha value is -2.48. The van der Waals surface area contributed by atoms with Gasteiger partial charge in [-0.15, -0.1) is 0 Å². The Morgan fingerprint density at radius 2 is 2.28 bits per heavy atom. The lowest BCUT2D eigenvalue weighted by Crippen LogP contribution is -2.41. The van der Waals surface area contributed by atoms with Crippen LogP contribution in [0.5, 0.6) is 0 Å². The molecule has 0 spiro atoms. The van der Waals surface area contributed by atoms with E-state index in [-0.39, 0.29) is 25.2 Å². The molecule has 0 radical (unpaired) electrons. The van der Waals surface area contributed by atoms with E-state index in [1.165, 1.54) is 0 Å². The Bertz CT molecular complexity index is 718. The van der Waals surface area contributed by atoms with Gasteiger partial charge in [0.05, 0.1) is 0 Å². The van der Waals surface area contributed by atoms with Gasteiger partial charge in [0.2, 0.25) is 5.91 Å². The second-order valence-electron chi connectivity index (χ2n) is 6.16. The highest BCUT2D eigenvalue weighted by Crippen LogP contribution is 2.18. The Labute approximate surface area is 146 Å². The summed E-state index contributed by atoms with van der Waals surface area (Å²) in [6, 6.07) is 6.02. The SMILES string of the molecule is Cc1cccc(NCC2CCCN2C(=O)COCc2nc(C)no2)n1. The predicted octanol–water partition coefficient (Wildman–Crippen LogP) is 1.70. The second-order valence-corrected chi connectivity index (χ2v) is 6.16. The van der Waals surface area contributed by atoms with Crippen LogP contribution in [0.1, 0.15) is 30.3 Å². The summed E-state index contributed by atoms with van der Waals surface area (Å²) >= 11 is 0. The van der Waals surface area contributed by atoms with Gasteiger partial charge in [-0.3, -0.25) is 4.79 Å². The summed E-state index contributed by atoms with van der Waals surface area (Å²) in [5.41, 5.74) is 0.967. The molecule has 0 aliphatic carbocycles. The number of amides is 1. The summed E-state index contributed by atoms with van der Waals surface area (Å²) in [5.74, 6) is 1.76. The number of carbonyl (C=O) groups is 1. The van der Waals surface area contributed by atoms with Crippen molar-refractivity contribution in [2.24, 2.45) is 0 Å². The molecule has 1 aliphatic rings. The lowest BCUT2D eigenvalue weighted by molar-refractivity contribution is -0.137. The highest BCUT2D eigenvalue weighted by Gasteiger charge is 2.28. The molecule has 2 aromatic heterocycles. The first kappa shape index (κ1) is 17.3. The van der Waals surface area contributed by atoms with Crippen LogP contribution in [-0.2, 0) is 16.1 Å². The highest BCUT2D eigenvalue weighted by molar-refractivity contribution is 5.78. The highest BCUT2D eigenvalue weighted by atomic mass is 16.5. The number of pyridine rings is 1. The number of hydrogen-bond acceptors (Lipinski definition) is 7. The van der Waals surface area contributed by atoms with E-state index < -0.39 is 0 Å². The van der Waals surface area contributed by atoms with E-state index in [2.05, 4.69) is 20.4 Å². The molecule has 8 heteroatoms. The molecule has 1 amide bonds. The van der Waals surface area contributed by atoms with Crippen molar-refractivity contribution in [3.63, 3.8) is 0 Å². The number of nitrogens with one attached hydrogen (secondary N) is 1. The van der Waals surface area contributed by atoms with E-state index in [1.807, 2.05) is 30.0 Å². The lowest BCUT2D eigenvalue weighted by atomic mass is 10.2. The zero-order chi connectivity index (χ0) is 17.6. The van der Waals surface area contributed by atoms with Crippen molar-refractivity contribution in [1.29, 1.82) is 0 Å². The summed E-state index contributed by atoms with van der Waals surface area (Å²) in [4.78, 5) is 22.8. The van der Waals surface area contributed by atoms with Crippen LogP contribution in [0.2, 0.25) is 0 Å². The number of nitrogens with zero attached hydrogens (tertiary/aromatic N) is 4. The average Bonchev–Trinajstić information content (AvgIpc) is 3.22. The van der Waals surface area contributed by atoms with Gasteiger partial charge in [0, 0.05) is 24.8 Å². The molecule has 25 heavy (non-hydrogen) atoms. The van der Waals surface area contributed by atoms with Crippen LogP contribution >= 0.6 is 0 Å². The molecule has 0 saturated carbocycles. The molecular weight excluding hydrogens is 322 g/mol. The number of aryl methyl sites for hydroxylation is 2. The van der Waals surface area contributed by atoms with Crippen LogP contribution in [0.15, 0.2) is 22.7 Å². The minimum atomic E-state index is -0.0160. The molecule has 3 heterocycles. The Morgan fingerprint density at radius 1 is 1.40 bits per heavy atom. The van der Waals surface area contributed by atoms with E-state index in [4.69, 9.17) is 9.26 Å². The molecule has 134 valence electrons. The molecule has 8 nitrogen and oxygen atoms in total. The van der Waals surface area contributed by atoms with Crippen LogP contribution in [-0.4, -0.2) is 51.7 Å². The van der Waals surface area contributed by atoms with Crippen LogP contribution in [0.3, 0.4) is 0 Å². The standard InChI is InChI=1S/C17H23N5O3/c1-12-5-3-7-15(19-12)18-9-14-6-4-8-22(14)17(23)11-24-10-16-20-13(2)21-25-16/h3,5,7,14H,4,6,8-11H2,1-2H3,(H,18,19). The number of carbonyl (C=O) groups excluding carboxylic acids is 1. The van der Waals surface area contributed by atoms with Gasteiger partial charge in [0.25, 0.3) is 5.89 Å². The largest absolute Gasteiger partial charge is 0.368 e. The third-order valence-electron chi connectivity index (χ3n) is 4.13. The van der Waals surface area contributed by atoms with Gasteiger partial charge >= 0.3 is 0 Å². The summed E-state index contributed by atoms with van der Waals surface area (Å²) in [6.07, 6.45) is 1.98. The van der Waals surface area contributed by atoms with E-state index in [1.54, 1.807) is 6.92 Å². The smallest absolute Gasteiger partial charge is 0.252 e. The normalized spacial score (nSPS) is 17.0. The molecule has 1 aliphatic heterocycles.